The van der Waals surface area contributed by atoms with Crippen molar-refractivity contribution in [2.45, 2.75) is 59.0 Å². The van der Waals surface area contributed by atoms with Crippen LogP contribution in [0.3, 0.4) is 0 Å². The maximum atomic E-state index is 13.9. The second-order valence-corrected chi connectivity index (χ2v) is 11.6. The molecule has 4 rings (SSSR count). The zero-order valence-electron chi connectivity index (χ0n) is 27.9. The molecule has 2 N–H and O–H groups in total. The van der Waals surface area contributed by atoms with Gasteiger partial charge in [0, 0.05) is 38.7 Å². The van der Waals surface area contributed by atoms with Gasteiger partial charge in [-0.05, 0) is 60.6 Å². The highest BCUT2D eigenvalue weighted by molar-refractivity contribution is 5.86. The van der Waals surface area contributed by atoms with Gasteiger partial charge in [-0.1, -0.05) is 26.3 Å². The minimum absolute atomic E-state index is 0.0944. The smallest absolute Gasteiger partial charge is 0.409 e. The average molecular weight is 639 g/mol. The molecule has 3 atom stereocenters. The molecule has 0 bridgehead atoms. The van der Waals surface area contributed by atoms with Gasteiger partial charge in [-0.25, -0.2) is 4.79 Å². The molecule has 3 unspecified atom stereocenters. The third-order valence-electron chi connectivity index (χ3n) is 8.82. The van der Waals surface area contributed by atoms with E-state index in [0.29, 0.717) is 80.4 Å². The Bertz CT molecular complexity index is 1510. The Morgan fingerprint density at radius 2 is 1.63 bits per heavy atom. The van der Waals surface area contributed by atoms with Gasteiger partial charge in [-0.2, -0.15) is 0 Å². The maximum Gasteiger partial charge on any atom is 0.409 e. The molecule has 2 aromatic rings. The number of carbonyl (C=O) groups excluding carboxylic acids is 3. The number of piperazine rings is 1. The first kappa shape index (κ1) is 34.4. The number of hydrogen-bond donors (Lipinski definition) is 2. The van der Waals surface area contributed by atoms with Crippen molar-refractivity contribution in [2.75, 3.05) is 59.4 Å². The fourth-order valence-electron chi connectivity index (χ4n) is 6.20. The highest BCUT2D eigenvalue weighted by atomic mass is 16.6. The van der Waals surface area contributed by atoms with E-state index < -0.39 is 12.1 Å². The SMILES string of the molecule is CCOC(=O)N1CCN(C(=O)C(Nc2ccc3c(cc2=O)C(NC(C)=O)CCc2cc(OC)c(OC)c(OC)c2-3)C(C)CC)CC1. The summed E-state index contributed by atoms with van der Waals surface area (Å²) in [4.78, 5) is 55.6. The van der Waals surface area contributed by atoms with Crippen LogP contribution >= 0.6 is 0 Å². The Morgan fingerprint density at radius 3 is 2.22 bits per heavy atom. The van der Waals surface area contributed by atoms with E-state index >= 15 is 0 Å². The molecular formula is C34H46N4O8. The summed E-state index contributed by atoms with van der Waals surface area (Å²) in [6.07, 6.45) is 1.44. The van der Waals surface area contributed by atoms with Gasteiger partial charge in [0.2, 0.25) is 23.0 Å². The standard InChI is InChI=1S/C34H46N4O8/c1-8-20(3)30(33(41)37-14-16-38(17-15-37)34(42)46-9-2)36-26-13-11-23-24(19-27(26)40)25(35-21(4)39)12-10-22-18-28(43-5)31(44-6)32(45-7)29(22)23/h11,13,18-20,25,30H,8-10,12,14-17H2,1-7H3,(H,35,39)(H,36,40). The van der Waals surface area contributed by atoms with E-state index in [9.17, 15) is 19.2 Å². The van der Waals surface area contributed by atoms with Crippen LogP contribution in [0.4, 0.5) is 10.5 Å². The summed E-state index contributed by atoms with van der Waals surface area (Å²) in [7, 11) is 4.65. The van der Waals surface area contributed by atoms with Crippen LogP contribution in [0.2, 0.25) is 0 Å². The molecule has 1 saturated heterocycles. The van der Waals surface area contributed by atoms with Gasteiger partial charge in [0.25, 0.3) is 0 Å². The van der Waals surface area contributed by atoms with Gasteiger partial charge in [0.15, 0.2) is 11.5 Å². The molecule has 1 heterocycles. The van der Waals surface area contributed by atoms with E-state index in [-0.39, 0.29) is 34.9 Å². The van der Waals surface area contributed by atoms with Crippen molar-refractivity contribution < 1.29 is 33.3 Å². The fraction of sp³-hybridized carbons (Fsp3) is 0.529. The Kier molecular flexibility index (Phi) is 11.4. The number of methoxy groups -OCH3 is 3. The highest BCUT2D eigenvalue weighted by Gasteiger charge is 2.33. The Balaban J connectivity index is 1.77. The number of aryl methyl sites for hydroxylation is 1. The zero-order valence-corrected chi connectivity index (χ0v) is 27.9. The second kappa shape index (κ2) is 15.2. The molecule has 0 spiro atoms. The molecule has 1 fully saturated rings. The molecule has 3 amide bonds. The highest BCUT2D eigenvalue weighted by Crippen LogP contribution is 2.50. The van der Waals surface area contributed by atoms with E-state index in [2.05, 4.69) is 10.6 Å². The molecule has 46 heavy (non-hydrogen) atoms. The number of anilines is 1. The molecule has 0 saturated carbocycles. The van der Waals surface area contributed by atoms with Crippen molar-refractivity contribution in [1.29, 1.82) is 0 Å². The van der Waals surface area contributed by atoms with Crippen LogP contribution in [0, 0.1) is 5.92 Å². The van der Waals surface area contributed by atoms with Crippen molar-refractivity contribution >= 4 is 23.6 Å². The zero-order chi connectivity index (χ0) is 33.5. The lowest BCUT2D eigenvalue weighted by molar-refractivity contribution is -0.134. The lowest BCUT2D eigenvalue weighted by Gasteiger charge is -2.37. The molecule has 0 aromatic heterocycles. The van der Waals surface area contributed by atoms with Gasteiger partial charge in [-0.15, -0.1) is 0 Å². The van der Waals surface area contributed by atoms with Gasteiger partial charge >= 0.3 is 6.09 Å². The molecule has 1 aliphatic heterocycles. The average Bonchev–Trinajstić information content (AvgIpc) is 3.30. The molecule has 2 aromatic carbocycles. The number of nitrogens with zero attached hydrogens (tertiary/aromatic N) is 2. The summed E-state index contributed by atoms with van der Waals surface area (Å²) in [5.41, 5.74) is 2.96. The van der Waals surface area contributed by atoms with E-state index in [4.69, 9.17) is 18.9 Å². The second-order valence-electron chi connectivity index (χ2n) is 11.6. The summed E-state index contributed by atoms with van der Waals surface area (Å²) in [5.74, 6) is 0.956. The van der Waals surface area contributed by atoms with Crippen LogP contribution in [0.25, 0.3) is 11.1 Å². The fourth-order valence-corrected chi connectivity index (χ4v) is 6.20. The first-order valence-corrected chi connectivity index (χ1v) is 15.8. The molecule has 0 radical (unpaired) electrons. The third kappa shape index (κ3) is 7.16. The molecule has 250 valence electrons. The summed E-state index contributed by atoms with van der Waals surface area (Å²) in [5, 5.41) is 6.30. The van der Waals surface area contributed by atoms with E-state index in [1.807, 2.05) is 26.0 Å². The largest absolute Gasteiger partial charge is 0.493 e. The number of rotatable bonds is 10. The first-order chi connectivity index (χ1) is 22.1. The monoisotopic (exact) mass is 638 g/mol. The van der Waals surface area contributed by atoms with Crippen LogP contribution in [0.5, 0.6) is 17.2 Å². The quantitative estimate of drug-likeness (QED) is 0.396. The Labute approximate surface area is 270 Å². The maximum absolute atomic E-state index is 13.9. The number of amides is 3. The minimum Gasteiger partial charge on any atom is -0.493 e. The van der Waals surface area contributed by atoms with Crippen molar-refractivity contribution in [3.63, 3.8) is 0 Å². The predicted octanol–water partition coefficient (Wildman–Crippen LogP) is 3.99. The third-order valence-corrected chi connectivity index (χ3v) is 8.82. The van der Waals surface area contributed by atoms with Crippen LogP contribution in [0.1, 0.15) is 57.7 Å². The first-order valence-electron chi connectivity index (χ1n) is 15.8. The lowest BCUT2D eigenvalue weighted by Crippen LogP contribution is -2.55. The summed E-state index contributed by atoms with van der Waals surface area (Å²) in [6, 6.07) is 5.85. The molecular weight excluding hydrogens is 592 g/mol. The minimum atomic E-state index is -0.675. The number of nitrogens with one attached hydrogen (secondary N) is 2. The van der Waals surface area contributed by atoms with Gasteiger partial charge in [0.1, 0.15) is 6.04 Å². The van der Waals surface area contributed by atoms with E-state index in [1.165, 1.54) is 14.0 Å². The summed E-state index contributed by atoms with van der Waals surface area (Å²) < 4.78 is 22.3. The molecule has 12 heteroatoms. The van der Waals surface area contributed by atoms with Gasteiger partial charge in [0.05, 0.1) is 39.7 Å². The number of ether oxygens (including phenoxy) is 4. The van der Waals surface area contributed by atoms with Crippen LogP contribution in [-0.4, -0.2) is 87.9 Å². The molecule has 12 nitrogen and oxygen atoms in total. The number of hydrogen-bond acceptors (Lipinski definition) is 9. The van der Waals surface area contributed by atoms with Crippen molar-refractivity contribution in [3.05, 3.63) is 45.6 Å². The van der Waals surface area contributed by atoms with Gasteiger partial charge in [-0.3, -0.25) is 14.4 Å². The number of fused-ring (bicyclic) bond motifs is 3. The van der Waals surface area contributed by atoms with Crippen molar-refractivity contribution in [1.82, 2.24) is 15.1 Å². The van der Waals surface area contributed by atoms with Crippen molar-refractivity contribution in [3.8, 4) is 28.4 Å². The van der Waals surface area contributed by atoms with Crippen LogP contribution in [0.15, 0.2) is 29.1 Å². The van der Waals surface area contributed by atoms with Crippen LogP contribution in [-0.2, 0) is 20.7 Å². The Hall–Kier alpha value is -4.48. The predicted molar refractivity (Wildman–Crippen MR) is 175 cm³/mol. The number of benzene rings is 1. The lowest BCUT2D eigenvalue weighted by atomic mass is 9.95. The number of carbonyl (C=O) groups is 3. The van der Waals surface area contributed by atoms with Crippen molar-refractivity contribution in [2.24, 2.45) is 5.92 Å². The summed E-state index contributed by atoms with van der Waals surface area (Å²) >= 11 is 0. The van der Waals surface area contributed by atoms with Gasteiger partial charge < -0.3 is 39.4 Å². The van der Waals surface area contributed by atoms with Crippen LogP contribution < -0.4 is 30.3 Å². The Morgan fingerprint density at radius 1 is 0.957 bits per heavy atom. The van der Waals surface area contributed by atoms with E-state index in [0.717, 1.165) is 11.1 Å². The van der Waals surface area contributed by atoms with E-state index in [1.54, 1.807) is 43.1 Å². The molecule has 2 aliphatic rings. The normalized spacial score (nSPS) is 17.0. The topological polar surface area (TPSA) is 136 Å². The molecule has 1 aliphatic carbocycles. The summed E-state index contributed by atoms with van der Waals surface area (Å²) in [6.45, 7) is 8.96.